The summed E-state index contributed by atoms with van der Waals surface area (Å²) in [6, 6.07) is 4.73. The van der Waals surface area contributed by atoms with Crippen LogP contribution in [0.3, 0.4) is 0 Å². The van der Waals surface area contributed by atoms with Crippen LogP contribution in [0.25, 0.3) is 5.52 Å². The topological polar surface area (TPSA) is 86.9 Å². The van der Waals surface area contributed by atoms with Gasteiger partial charge in [-0.05, 0) is 43.2 Å². The highest BCUT2D eigenvalue weighted by atomic mass is 19.4. The standard InChI is InChI=1S/C23H21F5N4O3/c1-22(35,23(26,27)28)21(34)30-18-11-31(6-4-16(18)13-7-14(24)9-15(25)8-13)20(33)17-3-2-5-32-12-29-10-19(17)32/h2-3,5,7-10,12,16,18,35H,4,6,11H2,1H3,(H,30,34)/t16-,18+,22-/m0/s1. The third-order valence-electron chi connectivity index (χ3n) is 6.21. The minimum Gasteiger partial charge on any atom is -0.373 e. The van der Waals surface area contributed by atoms with Gasteiger partial charge in [0.2, 0.25) is 5.60 Å². The normalized spacial score (nSPS) is 20.5. The van der Waals surface area contributed by atoms with Crippen LogP contribution in [0.4, 0.5) is 22.0 Å². The second-order valence-corrected chi connectivity index (χ2v) is 8.61. The highest BCUT2D eigenvalue weighted by Crippen LogP contribution is 2.34. The Balaban J connectivity index is 1.65. The number of hydrogen-bond acceptors (Lipinski definition) is 4. The van der Waals surface area contributed by atoms with E-state index in [1.54, 1.807) is 22.7 Å². The molecular formula is C23H21F5N4O3. The number of pyridine rings is 1. The number of rotatable bonds is 4. The van der Waals surface area contributed by atoms with Crippen LogP contribution in [0.1, 0.15) is 35.2 Å². The van der Waals surface area contributed by atoms with Gasteiger partial charge in [0, 0.05) is 31.3 Å². The van der Waals surface area contributed by atoms with Crippen LogP contribution >= 0.6 is 0 Å². The Morgan fingerprint density at radius 3 is 2.51 bits per heavy atom. The first-order chi connectivity index (χ1) is 16.4. The summed E-state index contributed by atoms with van der Waals surface area (Å²) in [7, 11) is 0. The fourth-order valence-electron chi connectivity index (χ4n) is 4.21. The number of aliphatic hydroxyl groups is 1. The molecule has 7 nitrogen and oxygen atoms in total. The fraction of sp³-hybridized carbons (Fsp3) is 0.348. The van der Waals surface area contributed by atoms with E-state index in [0.717, 1.165) is 12.1 Å². The number of fused-ring (bicyclic) bond motifs is 1. The van der Waals surface area contributed by atoms with Crippen LogP contribution in [-0.4, -0.2) is 62.1 Å². The van der Waals surface area contributed by atoms with Gasteiger partial charge in [-0.2, -0.15) is 13.2 Å². The summed E-state index contributed by atoms with van der Waals surface area (Å²) in [6.45, 7) is 0.167. The summed E-state index contributed by atoms with van der Waals surface area (Å²) in [5.74, 6) is -4.79. The summed E-state index contributed by atoms with van der Waals surface area (Å²) in [5, 5.41) is 12.0. The Hall–Kier alpha value is -3.54. The molecule has 12 heteroatoms. The zero-order valence-corrected chi connectivity index (χ0v) is 18.4. The lowest BCUT2D eigenvalue weighted by molar-refractivity contribution is -0.245. The molecule has 0 saturated carbocycles. The Morgan fingerprint density at radius 1 is 1.17 bits per heavy atom. The van der Waals surface area contributed by atoms with Crippen molar-refractivity contribution in [3.63, 3.8) is 0 Å². The molecule has 0 spiro atoms. The van der Waals surface area contributed by atoms with Gasteiger partial charge in [0.25, 0.3) is 11.8 Å². The molecule has 186 valence electrons. The molecule has 3 heterocycles. The van der Waals surface area contributed by atoms with Crippen molar-refractivity contribution in [3.05, 3.63) is 71.8 Å². The zero-order valence-electron chi connectivity index (χ0n) is 18.4. The average molecular weight is 496 g/mol. The Bertz CT molecular complexity index is 1250. The lowest BCUT2D eigenvalue weighted by Gasteiger charge is -2.40. The van der Waals surface area contributed by atoms with Gasteiger partial charge in [-0.25, -0.2) is 13.8 Å². The van der Waals surface area contributed by atoms with Gasteiger partial charge < -0.3 is 19.7 Å². The highest BCUT2D eigenvalue weighted by molar-refractivity contribution is 6.00. The minimum absolute atomic E-state index is 0.0934. The number of likely N-dealkylation sites (tertiary alicyclic amines) is 1. The summed E-state index contributed by atoms with van der Waals surface area (Å²) >= 11 is 0. The number of aromatic nitrogens is 2. The van der Waals surface area contributed by atoms with Gasteiger partial charge >= 0.3 is 6.18 Å². The summed E-state index contributed by atoms with van der Waals surface area (Å²) < 4.78 is 69.0. The largest absolute Gasteiger partial charge is 0.426 e. The Kier molecular flexibility index (Phi) is 6.26. The van der Waals surface area contributed by atoms with E-state index >= 15 is 0 Å². The van der Waals surface area contributed by atoms with E-state index < -0.39 is 47.2 Å². The summed E-state index contributed by atoms with van der Waals surface area (Å²) in [5.41, 5.74) is -2.80. The first-order valence-corrected chi connectivity index (χ1v) is 10.6. The summed E-state index contributed by atoms with van der Waals surface area (Å²) in [6.07, 6.45) is -0.504. The first kappa shape index (κ1) is 24.6. The molecule has 1 aliphatic heterocycles. The maximum atomic E-state index is 13.9. The van der Waals surface area contributed by atoms with Crippen molar-refractivity contribution < 1.29 is 36.6 Å². The number of nitrogens with one attached hydrogen (secondary N) is 1. The molecule has 3 aromatic rings. The molecule has 0 bridgehead atoms. The molecule has 2 amide bonds. The lowest BCUT2D eigenvalue weighted by atomic mass is 9.84. The summed E-state index contributed by atoms with van der Waals surface area (Å²) in [4.78, 5) is 31.0. The second-order valence-electron chi connectivity index (χ2n) is 8.61. The Labute approximate surface area is 196 Å². The number of piperidine rings is 1. The molecule has 1 saturated heterocycles. The van der Waals surface area contributed by atoms with Crippen molar-refractivity contribution in [2.75, 3.05) is 13.1 Å². The molecule has 0 unspecified atom stereocenters. The predicted molar refractivity (Wildman–Crippen MR) is 113 cm³/mol. The molecule has 1 aliphatic rings. The van der Waals surface area contributed by atoms with E-state index in [2.05, 4.69) is 10.3 Å². The number of carbonyl (C=O) groups is 2. The van der Waals surface area contributed by atoms with E-state index in [1.807, 2.05) is 0 Å². The fourth-order valence-corrected chi connectivity index (χ4v) is 4.21. The number of amides is 2. The van der Waals surface area contributed by atoms with Crippen molar-refractivity contribution in [2.24, 2.45) is 0 Å². The number of imidazole rings is 1. The van der Waals surface area contributed by atoms with E-state index in [9.17, 15) is 36.6 Å². The third kappa shape index (κ3) is 4.70. The van der Waals surface area contributed by atoms with Crippen molar-refractivity contribution in [3.8, 4) is 0 Å². The average Bonchev–Trinajstić information content (AvgIpc) is 3.26. The van der Waals surface area contributed by atoms with Crippen LogP contribution in [-0.2, 0) is 4.79 Å². The second kappa shape index (κ2) is 8.91. The maximum absolute atomic E-state index is 13.9. The van der Waals surface area contributed by atoms with E-state index in [4.69, 9.17) is 0 Å². The molecule has 1 fully saturated rings. The number of benzene rings is 1. The third-order valence-corrected chi connectivity index (χ3v) is 6.21. The van der Waals surface area contributed by atoms with Crippen molar-refractivity contribution in [1.82, 2.24) is 19.6 Å². The van der Waals surface area contributed by atoms with Crippen LogP contribution < -0.4 is 5.32 Å². The number of halogens is 5. The van der Waals surface area contributed by atoms with Gasteiger partial charge in [0.1, 0.15) is 11.6 Å². The predicted octanol–water partition coefficient (Wildman–Crippen LogP) is 3.04. The SMILES string of the molecule is C[C@](O)(C(=O)N[C@@H]1CN(C(=O)c2cccn3cncc23)CC[C@H]1c1cc(F)cc(F)c1)C(F)(F)F. The van der Waals surface area contributed by atoms with Gasteiger partial charge in [-0.3, -0.25) is 9.59 Å². The van der Waals surface area contributed by atoms with Crippen molar-refractivity contribution >= 4 is 17.3 Å². The quantitative estimate of drug-likeness (QED) is 0.544. The molecule has 2 aromatic heterocycles. The molecular weight excluding hydrogens is 475 g/mol. The lowest BCUT2D eigenvalue weighted by Crippen LogP contribution is -2.61. The van der Waals surface area contributed by atoms with Crippen LogP contribution in [0.15, 0.2) is 49.1 Å². The monoisotopic (exact) mass is 496 g/mol. The van der Waals surface area contributed by atoms with Crippen molar-refractivity contribution in [1.29, 1.82) is 0 Å². The van der Waals surface area contributed by atoms with Gasteiger partial charge in [0.15, 0.2) is 0 Å². The minimum atomic E-state index is -5.26. The maximum Gasteiger partial charge on any atom is 0.426 e. The molecule has 1 aromatic carbocycles. The molecule has 4 rings (SSSR count). The van der Waals surface area contributed by atoms with E-state index in [-0.39, 0.29) is 30.6 Å². The molecule has 2 N–H and O–H groups in total. The zero-order chi connectivity index (χ0) is 25.5. The molecule has 3 atom stereocenters. The van der Waals surface area contributed by atoms with Crippen LogP contribution in [0, 0.1) is 11.6 Å². The van der Waals surface area contributed by atoms with Crippen LogP contribution in [0.2, 0.25) is 0 Å². The van der Waals surface area contributed by atoms with Crippen LogP contribution in [0.5, 0.6) is 0 Å². The van der Waals surface area contributed by atoms with Gasteiger partial charge in [-0.15, -0.1) is 0 Å². The molecule has 0 radical (unpaired) electrons. The van der Waals surface area contributed by atoms with Gasteiger partial charge in [-0.1, -0.05) is 0 Å². The number of nitrogens with zero attached hydrogens (tertiary/aromatic N) is 3. The van der Waals surface area contributed by atoms with E-state index in [0.29, 0.717) is 18.5 Å². The smallest absolute Gasteiger partial charge is 0.373 e. The number of hydrogen-bond donors (Lipinski definition) is 2. The Morgan fingerprint density at radius 2 is 1.86 bits per heavy atom. The van der Waals surface area contributed by atoms with Gasteiger partial charge in [0.05, 0.1) is 29.6 Å². The van der Waals surface area contributed by atoms with E-state index in [1.165, 1.54) is 17.4 Å². The molecule has 0 aliphatic carbocycles. The molecule has 35 heavy (non-hydrogen) atoms. The highest BCUT2D eigenvalue weighted by Gasteiger charge is 2.56. The van der Waals surface area contributed by atoms with Crippen molar-refractivity contribution in [2.45, 2.75) is 37.1 Å². The first-order valence-electron chi connectivity index (χ1n) is 10.6. The number of alkyl halides is 3. The number of carbonyl (C=O) groups excluding carboxylic acids is 2.